The van der Waals surface area contributed by atoms with Crippen molar-refractivity contribution in [3.63, 3.8) is 0 Å². The zero-order chi connectivity index (χ0) is 14.4. The molecule has 0 aromatic heterocycles. The Morgan fingerprint density at radius 2 is 2.10 bits per heavy atom. The summed E-state index contributed by atoms with van der Waals surface area (Å²) in [5.74, 6) is 1.63. The van der Waals surface area contributed by atoms with E-state index in [1.165, 1.54) is 15.6 Å². The zero-order valence-corrected chi connectivity index (χ0v) is 14.4. The summed E-state index contributed by atoms with van der Waals surface area (Å²) in [5, 5.41) is 3.42. The quantitative estimate of drug-likeness (QED) is 0.793. The second-order valence-corrected chi connectivity index (χ2v) is 7.78. The molecule has 1 saturated heterocycles. The molecule has 2 rings (SSSR count). The van der Waals surface area contributed by atoms with Gasteiger partial charge in [0.05, 0.1) is 0 Å². The SMILES string of the molecule is CCCNCc1ccc(CN2CCS(=O)CC2)c(Br)c1. The second kappa shape index (κ2) is 8.27. The van der Waals surface area contributed by atoms with Crippen molar-refractivity contribution in [2.75, 3.05) is 31.1 Å². The third-order valence-electron chi connectivity index (χ3n) is 3.54. The Hall–Kier alpha value is -0.230. The molecule has 1 aromatic rings. The highest BCUT2D eigenvalue weighted by atomic mass is 79.9. The van der Waals surface area contributed by atoms with Crippen LogP contribution in [0.4, 0.5) is 0 Å². The number of rotatable bonds is 6. The summed E-state index contributed by atoms with van der Waals surface area (Å²) in [6.45, 7) is 7.00. The van der Waals surface area contributed by atoms with Gasteiger partial charge in [-0.2, -0.15) is 0 Å². The lowest BCUT2D eigenvalue weighted by Gasteiger charge is -2.26. The molecule has 0 aliphatic carbocycles. The van der Waals surface area contributed by atoms with Gasteiger partial charge in [-0.15, -0.1) is 0 Å². The van der Waals surface area contributed by atoms with Gasteiger partial charge < -0.3 is 5.32 Å². The van der Waals surface area contributed by atoms with Gasteiger partial charge in [-0.05, 0) is 30.2 Å². The van der Waals surface area contributed by atoms with E-state index in [1.54, 1.807) is 0 Å². The molecule has 0 spiro atoms. The number of benzene rings is 1. The highest BCUT2D eigenvalue weighted by Gasteiger charge is 2.16. The van der Waals surface area contributed by atoms with Crippen LogP contribution in [0, 0.1) is 0 Å². The van der Waals surface area contributed by atoms with E-state index in [0.29, 0.717) is 0 Å². The smallest absolute Gasteiger partial charge is 0.0363 e. The fourth-order valence-electron chi connectivity index (χ4n) is 2.31. The number of nitrogens with zero attached hydrogens (tertiary/aromatic N) is 1. The van der Waals surface area contributed by atoms with E-state index in [2.05, 4.69) is 51.3 Å². The standard InChI is InChI=1S/C15H23BrN2OS/c1-2-5-17-11-13-3-4-14(15(16)10-13)12-18-6-8-20(19)9-7-18/h3-4,10,17H,2,5-9,11-12H2,1H3. The molecule has 0 saturated carbocycles. The maximum atomic E-state index is 11.4. The first kappa shape index (κ1) is 16.1. The van der Waals surface area contributed by atoms with Crippen molar-refractivity contribution >= 4 is 26.7 Å². The largest absolute Gasteiger partial charge is 0.313 e. The van der Waals surface area contributed by atoms with Crippen LogP contribution >= 0.6 is 15.9 Å². The number of hydrogen-bond acceptors (Lipinski definition) is 3. The summed E-state index contributed by atoms with van der Waals surface area (Å²) in [7, 11) is -0.594. The molecule has 1 fully saturated rings. The molecule has 0 atom stereocenters. The van der Waals surface area contributed by atoms with E-state index >= 15 is 0 Å². The van der Waals surface area contributed by atoms with Crippen LogP contribution in [0.2, 0.25) is 0 Å². The summed E-state index contributed by atoms with van der Waals surface area (Å²) in [5.41, 5.74) is 2.63. The molecular formula is C15H23BrN2OS. The predicted molar refractivity (Wildman–Crippen MR) is 89.3 cm³/mol. The molecule has 0 unspecified atom stereocenters. The molecule has 0 radical (unpaired) electrons. The van der Waals surface area contributed by atoms with E-state index in [-0.39, 0.29) is 0 Å². The van der Waals surface area contributed by atoms with E-state index < -0.39 is 10.8 Å². The van der Waals surface area contributed by atoms with Gasteiger partial charge in [0.25, 0.3) is 0 Å². The average Bonchev–Trinajstić information content (AvgIpc) is 2.44. The highest BCUT2D eigenvalue weighted by molar-refractivity contribution is 9.10. The molecule has 20 heavy (non-hydrogen) atoms. The van der Waals surface area contributed by atoms with Gasteiger partial charge in [-0.1, -0.05) is 35.0 Å². The van der Waals surface area contributed by atoms with Crippen LogP contribution in [0.25, 0.3) is 0 Å². The lowest BCUT2D eigenvalue weighted by molar-refractivity contribution is 0.291. The molecule has 1 aliphatic rings. The van der Waals surface area contributed by atoms with Gasteiger partial charge in [-0.3, -0.25) is 9.11 Å². The number of hydrogen-bond donors (Lipinski definition) is 1. The van der Waals surface area contributed by atoms with Gasteiger partial charge in [0.1, 0.15) is 0 Å². The third kappa shape index (κ3) is 4.95. The van der Waals surface area contributed by atoms with E-state index in [0.717, 1.165) is 50.7 Å². The van der Waals surface area contributed by atoms with Gasteiger partial charge >= 0.3 is 0 Å². The first-order valence-electron chi connectivity index (χ1n) is 7.24. The first-order valence-corrected chi connectivity index (χ1v) is 9.52. The van der Waals surface area contributed by atoms with Crippen LogP contribution in [-0.2, 0) is 23.9 Å². The molecule has 3 nitrogen and oxygen atoms in total. The number of nitrogens with one attached hydrogen (secondary N) is 1. The van der Waals surface area contributed by atoms with Crippen molar-refractivity contribution in [3.05, 3.63) is 33.8 Å². The molecule has 1 N–H and O–H groups in total. The molecule has 1 aliphatic heterocycles. The molecule has 0 bridgehead atoms. The van der Waals surface area contributed by atoms with Crippen LogP contribution < -0.4 is 5.32 Å². The van der Waals surface area contributed by atoms with Crippen molar-refractivity contribution < 1.29 is 4.21 Å². The van der Waals surface area contributed by atoms with Crippen LogP contribution in [0.15, 0.2) is 22.7 Å². The zero-order valence-electron chi connectivity index (χ0n) is 12.0. The Labute approximate surface area is 132 Å². The Balaban J connectivity index is 1.90. The third-order valence-corrected chi connectivity index (χ3v) is 5.55. The topological polar surface area (TPSA) is 32.3 Å². The summed E-state index contributed by atoms with van der Waals surface area (Å²) in [6.07, 6.45) is 1.16. The molecule has 5 heteroatoms. The lowest BCUT2D eigenvalue weighted by Crippen LogP contribution is -2.37. The fourth-order valence-corrected chi connectivity index (χ4v) is 3.99. The van der Waals surface area contributed by atoms with Crippen LogP contribution in [0.3, 0.4) is 0 Å². The molecular weight excluding hydrogens is 336 g/mol. The monoisotopic (exact) mass is 358 g/mol. The average molecular weight is 359 g/mol. The van der Waals surface area contributed by atoms with Gasteiger partial charge in [0.15, 0.2) is 0 Å². The summed E-state index contributed by atoms with van der Waals surface area (Å²) in [6, 6.07) is 6.61. The Morgan fingerprint density at radius 3 is 2.75 bits per heavy atom. The van der Waals surface area contributed by atoms with Crippen molar-refractivity contribution in [1.82, 2.24) is 10.2 Å². The van der Waals surface area contributed by atoms with E-state index in [9.17, 15) is 4.21 Å². The summed E-state index contributed by atoms with van der Waals surface area (Å²) in [4.78, 5) is 2.39. The van der Waals surface area contributed by atoms with E-state index in [1.807, 2.05) is 0 Å². The molecule has 1 aromatic carbocycles. The van der Waals surface area contributed by atoms with Crippen molar-refractivity contribution in [2.45, 2.75) is 26.4 Å². The van der Waals surface area contributed by atoms with Crippen LogP contribution in [0.1, 0.15) is 24.5 Å². The lowest BCUT2D eigenvalue weighted by atomic mass is 10.1. The van der Waals surface area contributed by atoms with Gasteiger partial charge in [-0.25, -0.2) is 0 Å². The highest BCUT2D eigenvalue weighted by Crippen LogP contribution is 2.21. The number of halogens is 1. The maximum absolute atomic E-state index is 11.4. The van der Waals surface area contributed by atoms with Crippen molar-refractivity contribution in [1.29, 1.82) is 0 Å². The summed E-state index contributed by atoms with van der Waals surface area (Å²) >= 11 is 3.68. The Bertz CT molecular complexity index is 457. The fraction of sp³-hybridized carbons (Fsp3) is 0.600. The normalized spacial score (nSPS) is 17.5. The Kier molecular flexibility index (Phi) is 6.68. The van der Waals surface area contributed by atoms with E-state index in [4.69, 9.17) is 0 Å². The Morgan fingerprint density at radius 1 is 1.35 bits per heavy atom. The maximum Gasteiger partial charge on any atom is 0.0363 e. The van der Waals surface area contributed by atoms with Crippen molar-refractivity contribution in [2.24, 2.45) is 0 Å². The van der Waals surface area contributed by atoms with Crippen LogP contribution in [-0.4, -0.2) is 40.2 Å². The minimum Gasteiger partial charge on any atom is -0.313 e. The predicted octanol–water partition coefficient (Wildman–Crippen LogP) is 2.51. The summed E-state index contributed by atoms with van der Waals surface area (Å²) < 4.78 is 12.5. The van der Waals surface area contributed by atoms with Gasteiger partial charge in [0, 0.05) is 53.0 Å². The first-order chi connectivity index (χ1) is 9.69. The van der Waals surface area contributed by atoms with Crippen LogP contribution in [0.5, 0.6) is 0 Å². The van der Waals surface area contributed by atoms with Crippen molar-refractivity contribution in [3.8, 4) is 0 Å². The molecule has 1 heterocycles. The molecule has 112 valence electrons. The minimum atomic E-state index is -0.594. The second-order valence-electron chi connectivity index (χ2n) is 5.23. The van der Waals surface area contributed by atoms with Gasteiger partial charge in [0.2, 0.25) is 0 Å². The molecule has 0 amide bonds. The minimum absolute atomic E-state index is 0.594.